The number of amides is 1. The summed E-state index contributed by atoms with van der Waals surface area (Å²) >= 11 is 0. The zero-order valence-electron chi connectivity index (χ0n) is 9.89. The van der Waals surface area contributed by atoms with Gasteiger partial charge in [0, 0.05) is 38.5 Å². The lowest BCUT2D eigenvalue weighted by Gasteiger charge is -2.34. The zero-order valence-corrected chi connectivity index (χ0v) is 11.5. The summed E-state index contributed by atoms with van der Waals surface area (Å²) in [6.45, 7) is 6.39. The highest BCUT2D eigenvalue weighted by atomic mass is 33.1. The molecule has 0 aromatic carbocycles. The maximum Gasteiger partial charge on any atom is 0.407 e. The van der Waals surface area contributed by atoms with Crippen LogP contribution >= 0.6 is 21.6 Å². The van der Waals surface area contributed by atoms with Gasteiger partial charge < -0.3 is 10.0 Å². The molecule has 0 aliphatic carbocycles. The minimum atomic E-state index is -0.786. The first-order chi connectivity index (χ1) is 7.63. The van der Waals surface area contributed by atoms with Gasteiger partial charge in [-0.05, 0) is 12.2 Å². The second kappa shape index (κ2) is 7.29. The normalized spacial score (nSPS) is 19.8. The summed E-state index contributed by atoms with van der Waals surface area (Å²) < 4.78 is 0. The van der Waals surface area contributed by atoms with Crippen LogP contribution in [0.2, 0.25) is 0 Å². The highest BCUT2D eigenvalue weighted by molar-refractivity contribution is 8.76. The number of piperazine rings is 1. The third kappa shape index (κ3) is 4.84. The molecule has 0 spiro atoms. The molecule has 0 bridgehead atoms. The molecule has 4 nitrogen and oxygen atoms in total. The minimum absolute atomic E-state index is 0.651. The van der Waals surface area contributed by atoms with E-state index in [0.717, 1.165) is 19.6 Å². The molecular weight excluding hydrogens is 244 g/mol. The molecule has 1 aliphatic rings. The van der Waals surface area contributed by atoms with Crippen LogP contribution in [0.15, 0.2) is 0 Å². The van der Waals surface area contributed by atoms with Crippen molar-refractivity contribution in [2.75, 3.05) is 44.7 Å². The average molecular weight is 264 g/mol. The Bertz CT molecular complexity index is 221. The minimum Gasteiger partial charge on any atom is -0.465 e. The summed E-state index contributed by atoms with van der Waals surface area (Å²) in [7, 11) is 3.70. The molecule has 1 rings (SSSR count). The van der Waals surface area contributed by atoms with E-state index < -0.39 is 6.09 Å². The van der Waals surface area contributed by atoms with Crippen LogP contribution in [0.4, 0.5) is 4.79 Å². The Morgan fingerprint density at radius 1 is 1.38 bits per heavy atom. The molecule has 0 aromatic rings. The first-order valence-corrected chi connectivity index (χ1v) is 8.22. The van der Waals surface area contributed by atoms with Crippen LogP contribution in [-0.4, -0.2) is 65.7 Å². The second-order valence-electron chi connectivity index (χ2n) is 4.13. The molecule has 94 valence electrons. The summed E-state index contributed by atoms with van der Waals surface area (Å²) in [5.41, 5.74) is 0. The fourth-order valence-corrected chi connectivity index (χ4v) is 3.38. The lowest BCUT2D eigenvalue weighted by atomic mass is 10.2. The van der Waals surface area contributed by atoms with Crippen LogP contribution in [-0.2, 0) is 0 Å². The van der Waals surface area contributed by atoms with Gasteiger partial charge in [0.05, 0.1) is 0 Å². The van der Waals surface area contributed by atoms with Gasteiger partial charge in [0.1, 0.15) is 0 Å². The van der Waals surface area contributed by atoms with Gasteiger partial charge in [-0.15, -0.1) is 0 Å². The Hall–Kier alpha value is -0.0700. The SMILES string of the molecule is CSSCC(C)CN1CCN(C(=O)O)CC1. The van der Waals surface area contributed by atoms with Crippen molar-refractivity contribution in [3.63, 3.8) is 0 Å². The van der Waals surface area contributed by atoms with Gasteiger partial charge in [-0.3, -0.25) is 4.90 Å². The summed E-state index contributed by atoms with van der Waals surface area (Å²) in [5, 5.41) is 8.82. The maximum atomic E-state index is 10.7. The number of nitrogens with zero attached hydrogens (tertiary/aromatic N) is 2. The topological polar surface area (TPSA) is 43.8 Å². The van der Waals surface area contributed by atoms with Crippen molar-refractivity contribution in [1.29, 1.82) is 0 Å². The Kier molecular flexibility index (Phi) is 6.38. The van der Waals surface area contributed by atoms with Gasteiger partial charge in [0.25, 0.3) is 0 Å². The Morgan fingerprint density at radius 3 is 2.50 bits per heavy atom. The van der Waals surface area contributed by atoms with Crippen LogP contribution < -0.4 is 0 Å². The predicted octanol–water partition coefficient (Wildman–Crippen LogP) is 1.93. The van der Waals surface area contributed by atoms with Crippen molar-refractivity contribution in [2.45, 2.75) is 6.92 Å². The molecule has 6 heteroatoms. The first-order valence-electron chi connectivity index (χ1n) is 5.49. The molecule has 1 amide bonds. The smallest absolute Gasteiger partial charge is 0.407 e. The maximum absolute atomic E-state index is 10.7. The van der Waals surface area contributed by atoms with E-state index >= 15 is 0 Å². The second-order valence-corrected chi connectivity index (χ2v) is 6.74. The molecule has 0 radical (unpaired) electrons. The third-order valence-corrected chi connectivity index (χ3v) is 4.74. The fourth-order valence-electron chi connectivity index (χ4n) is 1.80. The summed E-state index contributed by atoms with van der Waals surface area (Å²) in [6, 6.07) is 0. The third-order valence-electron chi connectivity index (χ3n) is 2.68. The Labute approximate surface area is 105 Å². The van der Waals surface area contributed by atoms with Crippen molar-refractivity contribution in [3.8, 4) is 0 Å². The monoisotopic (exact) mass is 264 g/mol. The number of hydrogen-bond acceptors (Lipinski definition) is 4. The number of carbonyl (C=O) groups is 1. The van der Waals surface area contributed by atoms with E-state index in [-0.39, 0.29) is 0 Å². The number of hydrogen-bond donors (Lipinski definition) is 1. The van der Waals surface area contributed by atoms with Crippen LogP contribution in [0.25, 0.3) is 0 Å². The molecule has 1 heterocycles. The average Bonchev–Trinajstić information content (AvgIpc) is 2.27. The van der Waals surface area contributed by atoms with Gasteiger partial charge >= 0.3 is 6.09 Å². The molecule has 0 aromatic heterocycles. The molecule has 1 saturated heterocycles. The van der Waals surface area contributed by atoms with E-state index in [4.69, 9.17) is 5.11 Å². The van der Waals surface area contributed by atoms with Crippen LogP contribution in [0.3, 0.4) is 0 Å². The van der Waals surface area contributed by atoms with Crippen molar-refractivity contribution in [1.82, 2.24) is 9.80 Å². The summed E-state index contributed by atoms with van der Waals surface area (Å²) in [5.74, 6) is 1.84. The molecule has 16 heavy (non-hydrogen) atoms. The molecule has 1 N–H and O–H groups in total. The molecule has 1 fully saturated rings. The van der Waals surface area contributed by atoms with E-state index in [1.807, 2.05) is 21.6 Å². The number of rotatable bonds is 5. The van der Waals surface area contributed by atoms with E-state index in [1.54, 1.807) is 0 Å². The van der Waals surface area contributed by atoms with Gasteiger partial charge in [0.2, 0.25) is 0 Å². The lowest BCUT2D eigenvalue weighted by Crippen LogP contribution is -2.49. The van der Waals surface area contributed by atoms with Gasteiger partial charge in [-0.1, -0.05) is 28.5 Å². The quantitative estimate of drug-likeness (QED) is 0.769. The molecular formula is C10H20N2O2S2. The molecule has 0 saturated carbocycles. The van der Waals surface area contributed by atoms with Gasteiger partial charge in [-0.25, -0.2) is 4.79 Å². The Balaban J connectivity index is 2.18. The van der Waals surface area contributed by atoms with Gasteiger partial charge in [-0.2, -0.15) is 0 Å². The summed E-state index contributed by atoms with van der Waals surface area (Å²) in [4.78, 5) is 14.6. The first kappa shape index (κ1) is 14.0. The van der Waals surface area contributed by atoms with Crippen molar-refractivity contribution in [3.05, 3.63) is 0 Å². The largest absolute Gasteiger partial charge is 0.465 e. The predicted molar refractivity (Wildman–Crippen MR) is 71.2 cm³/mol. The van der Waals surface area contributed by atoms with Crippen molar-refractivity contribution in [2.24, 2.45) is 5.92 Å². The van der Waals surface area contributed by atoms with Gasteiger partial charge in [0.15, 0.2) is 0 Å². The zero-order chi connectivity index (χ0) is 12.0. The van der Waals surface area contributed by atoms with Crippen LogP contribution in [0, 0.1) is 5.92 Å². The number of carboxylic acid groups (broad SMARTS) is 1. The van der Waals surface area contributed by atoms with Crippen LogP contribution in [0.5, 0.6) is 0 Å². The van der Waals surface area contributed by atoms with E-state index in [9.17, 15) is 4.79 Å². The highest BCUT2D eigenvalue weighted by Crippen LogP contribution is 2.20. The van der Waals surface area contributed by atoms with Crippen molar-refractivity contribution >= 4 is 27.7 Å². The Morgan fingerprint density at radius 2 is 2.00 bits per heavy atom. The van der Waals surface area contributed by atoms with E-state index in [2.05, 4.69) is 18.1 Å². The summed E-state index contributed by atoms with van der Waals surface area (Å²) in [6.07, 6.45) is 1.31. The standard InChI is InChI=1S/C10H20N2O2S2/c1-9(8-16-15-2)7-11-3-5-12(6-4-11)10(13)14/h9H,3-8H2,1-2H3,(H,13,14). The van der Waals surface area contributed by atoms with Crippen molar-refractivity contribution < 1.29 is 9.90 Å². The highest BCUT2D eigenvalue weighted by Gasteiger charge is 2.21. The molecule has 1 atom stereocenters. The molecule has 1 unspecified atom stereocenters. The molecule has 1 aliphatic heterocycles. The lowest BCUT2D eigenvalue weighted by molar-refractivity contribution is 0.101. The fraction of sp³-hybridized carbons (Fsp3) is 0.900. The van der Waals surface area contributed by atoms with E-state index in [1.165, 1.54) is 10.7 Å². The van der Waals surface area contributed by atoms with Crippen LogP contribution in [0.1, 0.15) is 6.92 Å². The van der Waals surface area contributed by atoms with E-state index in [0.29, 0.717) is 19.0 Å².